The van der Waals surface area contributed by atoms with E-state index in [1.54, 1.807) is 26.4 Å². The minimum absolute atomic E-state index is 0.00109. The molecule has 0 bridgehead atoms. The summed E-state index contributed by atoms with van der Waals surface area (Å²) < 4.78 is 85.9. The van der Waals surface area contributed by atoms with Crippen LogP contribution < -0.4 is 0 Å². The van der Waals surface area contributed by atoms with Crippen LogP contribution in [0.2, 0.25) is 0 Å². The maximum absolute atomic E-state index is 12.2. The molecule has 9 heterocycles. The number of hydrogen-bond acceptors (Lipinski definition) is 19. The zero-order chi connectivity index (χ0) is 59.2. The van der Waals surface area contributed by atoms with Crippen molar-refractivity contribution in [3.8, 4) is 0 Å². The van der Waals surface area contributed by atoms with Gasteiger partial charge in [0.2, 0.25) is 0 Å². The van der Waals surface area contributed by atoms with Crippen molar-refractivity contribution >= 4 is 0 Å². The Morgan fingerprint density at radius 2 is 1.49 bits per heavy atom. The fraction of sp³-hybridized carbons (Fsp3) is 0.844. The fourth-order valence-electron chi connectivity index (χ4n) is 14.8. The zero-order valence-electron chi connectivity index (χ0n) is 50.7. The van der Waals surface area contributed by atoms with Gasteiger partial charge in [0.1, 0.15) is 54.4 Å². The monoisotopic (exact) mass is 1170 g/mol. The van der Waals surface area contributed by atoms with Crippen LogP contribution in [0.5, 0.6) is 0 Å². The van der Waals surface area contributed by atoms with Crippen LogP contribution in [0.3, 0.4) is 0 Å². The van der Waals surface area contributed by atoms with Crippen molar-refractivity contribution in [2.75, 3.05) is 40.6 Å². The van der Waals surface area contributed by atoms with Crippen molar-refractivity contribution < 1.29 is 92.2 Å². The van der Waals surface area contributed by atoms with Gasteiger partial charge in [0.15, 0.2) is 5.79 Å². The van der Waals surface area contributed by atoms with Crippen molar-refractivity contribution in [1.82, 2.24) is 0 Å². The fourth-order valence-corrected chi connectivity index (χ4v) is 14.8. The minimum Gasteiger partial charge on any atom is -0.393 e. The van der Waals surface area contributed by atoms with Gasteiger partial charge in [-0.15, -0.1) is 0 Å². The summed E-state index contributed by atoms with van der Waals surface area (Å²) in [6, 6.07) is 0. The lowest BCUT2D eigenvalue weighted by Crippen LogP contribution is -2.63. The van der Waals surface area contributed by atoms with E-state index in [-0.39, 0.29) is 86.2 Å². The van der Waals surface area contributed by atoms with Crippen molar-refractivity contribution in [2.45, 2.75) is 277 Å². The van der Waals surface area contributed by atoms with Crippen LogP contribution >= 0.6 is 0 Å². The second kappa shape index (κ2) is 29.5. The van der Waals surface area contributed by atoms with E-state index >= 15 is 0 Å². The van der Waals surface area contributed by atoms with E-state index < -0.39 is 109 Å². The predicted octanol–water partition coefficient (Wildman–Crippen LogP) is 5.52. The Labute approximate surface area is 492 Å². The molecule has 0 aromatic heterocycles. The quantitative estimate of drug-likeness (QED) is 0.0776. The number of aliphatic hydroxyl groups is 6. The molecule has 9 aliphatic heterocycles. The Morgan fingerprint density at radius 1 is 0.735 bits per heavy atom. The molecule has 0 amide bonds. The number of rotatable bonds is 21. The smallest absolute Gasteiger partial charge is 0.174 e. The van der Waals surface area contributed by atoms with Gasteiger partial charge >= 0.3 is 0 Å². The van der Waals surface area contributed by atoms with Crippen LogP contribution in [0.1, 0.15) is 126 Å². The molecule has 83 heavy (non-hydrogen) atoms. The lowest BCUT2D eigenvalue weighted by atomic mass is 9.76. The number of fused-ring (bicyclic) bond motifs is 5. The van der Waals surface area contributed by atoms with Gasteiger partial charge in [0.05, 0.1) is 118 Å². The molecule has 0 saturated carbocycles. The van der Waals surface area contributed by atoms with Gasteiger partial charge < -0.3 is 92.2 Å². The molecule has 6 N–H and O–H groups in total. The largest absolute Gasteiger partial charge is 0.393 e. The van der Waals surface area contributed by atoms with Crippen LogP contribution in [0.15, 0.2) is 60.8 Å². The summed E-state index contributed by atoms with van der Waals surface area (Å²) in [6.45, 7) is 15.1. The van der Waals surface area contributed by atoms with Crippen LogP contribution in [0.25, 0.3) is 0 Å². The second-order valence-electron chi connectivity index (χ2n) is 25.6. The van der Waals surface area contributed by atoms with Gasteiger partial charge in [-0.1, -0.05) is 102 Å². The topological polar surface area (TPSA) is 241 Å². The highest BCUT2D eigenvalue weighted by Gasteiger charge is 2.60. The lowest BCUT2D eigenvalue weighted by Gasteiger charge is -2.50. The van der Waals surface area contributed by atoms with E-state index in [1.165, 1.54) is 0 Å². The molecule has 0 aromatic rings. The molecule has 29 atom stereocenters. The third kappa shape index (κ3) is 15.0. The molecule has 7 saturated heterocycles. The first-order valence-electron chi connectivity index (χ1n) is 31.5. The van der Waals surface area contributed by atoms with E-state index in [2.05, 4.69) is 46.8 Å². The maximum Gasteiger partial charge on any atom is 0.174 e. The Morgan fingerprint density at radius 3 is 2.23 bits per heavy atom. The molecule has 7 fully saturated rings. The van der Waals surface area contributed by atoms with Crippen molar-refractivity contribution in [3.63, 3.8) is 0 Å². The average molecular weight is 1180 g/mol. The van der Waals surface area contributed by atoms with Gasteiger partial charge in [-0.3, -0.25) is 0 Å². The Kier molecular flexibility index (Phi) is 23.2. The van der Waals surface area contributed by atoms with Gasteiger partial charge in [-0.25, -0.2) is 0 Å². The first kappa shape index (κ1) is 65.4. The third-order valence-electron chi connectivity index (χ3n) is 19.6. The second-order valence-corrected chi connectivity index (χ2v) is 25.6. The summed E-state index contributed by atoms with van der Waals surface area (Å²) in [6.07, 6.45) is 14.9. The minimum atomic E-state index is -0.974. The van der Waals surface area contributed by atoms with Crippen LogP contribution in [0.4, 0.5) is 0 Å². The highest BCUT2D eigenvalue weighted by Crippen LogP contribution is 2.50. The van der Waals surface area contributed by atoms with Gasteiger partial charge in [0, 0.05) is 45.3 Å². The molecular weight excluding hydrogens is 1070 g/mol. The Bertz CT molecular complexity index is 2160. The molecular formula is C64H102O19. The van der Waals surface area contributed by atoms with E-state index in [0.717, 1.165) is 25.7 Å². The van der Waals surface area contributed by atoms with E-state index in [4.69, 9.17) is 66.7 Å². The van der Waals surface area contributed by atoms with Crippen molar-refractivity contribution in [3.05, 3.63) is 60.8 Å². The first-order chi connectivity index (χ1) is 39.9. The van der Waals surface area contributed by atoms with Crippen molar-refractivity contribution in [1.29, 1.82) is 0 Å². The molecule has 9 rings (SSSR count). The Balaban J connectivity index is 0.804. The molecule has 0 aliphatic carbocycles. The standard InChI is InChI=1S/C64H102O19/c1-10-12-15-19-46-47(22-23-49-48(77-46)24-25-50-52(78-49)30-53-61(81-50)57(70)60(72-9)51(79-53)20-17-14-13-16-18-40(66)32-65)75-44-29-54(68)63(7)55(73-35-44)26-21-42(82-63)27-36(3)28-43(34-71-8)76-58-38(5)56(69)62-59(80-45(58)11-2)37(4)39(6)64(83-62)31-41(67)33-74-64/h12,14-18,22-25,36-62,65-70H,10-11,13,19-21,26-35H2,1-9H3/b15-12-,17-14-,18-16+/t36-,37-,38?,39?,40-,41?,42?,43?,44?,45-,46+,47?,48-,49?,50+,51?,52?,53?,54?,55+,56-,57+,58?,59+,60-,61+,62?,63?,64?/m0/s1. The van der Waals surface area contributed by atoms with Gasteiger partial charge in [-0.2, -0.15) is 0 Å². The number of allylic oxidation sites excluding steroid dienone is 3. The third-order valence-corrected chi connectivity index (χ3v) is 19.6. The summed E-state index contributed by atoms with van der Waals surface area (Å²) in [5.74, 6) is -1.21. The molecule has 19 nitrogen and oxygen atoms in total. The number of hydrogen-bond donors (Lipinski definition) is 6. The number of methoxy groups -OCH3 is 2. The molecule has 16 unspecified atom stereocenters. The molecule has 9 aliphatic rings. The van der Waals surface area contributed by atoms with Gasteiger partial charge in [0.25, 0.3) is 0 Å². The lowest BCUT2D eigenvalue weighted by molar-refractivity contribution is -0.337. The number of aliphatic hydroxyl groups excluding tert-OH is 6. The molecule has 0 aromatic carbocycles. The van der Waals surface area contributed by atoms with Gasteiger partial charge in [-0.05, 0) is 76.5 Å². The average Bonchev–Trinajstić information content (AvgIpc) is 3.68. The summed E-state index contributed by atoms with van der Waals surface area (Å²) in [7, 11) is 3.25. The molecule has 0 radical (unpaired) electrons. The maximum atomic E-state index is 12.2. The van der Waals surface area contributed by atoms with Crippen molar-refractivity contribution in [2.24, 2.45) is 23.7 Å². The highest BCUT2D eigenvalue weighted by atomic mass is 16.7. The summed E-state index contributed by atoms with van der Waals surface area (Å²) >= 11 is 0. The normalized spacial score (nSPS) is 46.8. The molecule has 19 heteroatoms. The summed E-state index contributed by atoms with van der Waals surface area (Å²) in [5, 5.41) is 65.0. The first-order valence-corrected chi connectivity index (χ1v) is 31.5. The Hall–Kier alpha value is -2.06. The van der Waals surface area contributed by atoms with Crippen LogP contribution in [0, 0.1) is 23.7 Å². The SMILES string of the molecule is CC/C=C\C[C@H]1O[C@H]2C=C[C@H]3O[C@@H]4C(CC3OC2C=CC1OC1CO[C@@H]2CCC(C[C@H](C)CC(COC)OC3C(C)[C@H](O)C5OC6(CC(O)CO6)C(C)[C@H](C)[C@H]5O[C@H]3CC)OC2(C)C(O)C1)OC(C/C=C\C/C=C/[C@H](O)CO)[C@H](OC)[C@H]4O. The van der Waals surface area contributed by atoms with E-state index in [0.29, 0.717) is 58.0 Å². The van der Waals surface area contributed by atoms with Crippen LogP contribution in [-0.2, 0) is 61.6 Å². The van der Waals surface area contributed by atoms with E-state index in [1.807, 2.05) is 50.3 Å². The number of ether oxygens (including phenoxy) is 13. The summed E-state index contributed by atoms with van der Waals surface area (Å²) in [4.78, 5) is 0. The van der Waals surface area contributed by atoms with Crippen LogP contribution in [-0.4, -0.2) is 223 Å². The zero-order valence-corrected chi connectivity index (χ0v) is 50.7. The highest BCUT2D eigenvalue weighted by molar-refractivity contribution is 5.16. The summed E-state index contributed by atoms with van der Waals surface area (Å²) in [5.41, 5.74) is -0.972. The predicted molar refractivity (Wildman–Crippen MR) is 306 cm³/mol. The molecule has 1 spiro atoms. The molecule has 472 valence electrons. The van der Waals surface area contributed by atoms with E-state index in [9.17, 15) is 25.5 Å².